The van der Waals surface area contributed by atoms with Crippen LogP contribution in [0, 0.1) is 12.8 Å². The molecule has 6 nitrogen and oxygen atoms in total. The third-order valence-electron chi connectivity index (χ3n) is 9.33. The van der Waals surface area contributed by atoms with Crippen LogP contribution in [-0.2, 0) is 21.4 Å². The molecule has 6 heteroatoms. The molecular weight excluding hydrogens is 476 g/mol. The van der Waals surface area contributed by atoms with Gasteiger partial charge in [-0.15, -0.1) is 6.58 Å². The number of piperidine rings is 1. The molecule has 1 saturated heterocycles. The SMILES string of the molecule is C=CCN1CC[C@@]23c4c5ccc(OC(C)=O)c4C[C@@H]1[C@@H]2CC[C@@H](N(C)C(=O)C=Cc1cccc(C)c1)[C@@H]3O5. The molecule has 1 saturated carbocycles. The normalized spacial score (nSPS) is 28.9. The molecule has 198 valence electrons. The van der Waals surface area contributed by atoms with Crippen molar-refractivity contribution in [2.24, 2.45) is 5.92 Å². The summed E-state index contributed by atoms with van der Waals surface area (Å²) in [6, 6.07) is 12.3. The van der Waals surface area contributed by atoms with Gasteiger partial charge in [-0.25, -0.2) is 0 Å². The van der Waals surface area contributed by atoms with Crippen LogP contribution in [0.2, 0.25) is 0 Å². The first-order valence-corrected chi connectivity index (χ1v) is 13.7. The van der Waals surface area contributed by atoms with Crippen LogP contribution in [0.25, 0.3) is 6.08 Å². The number of carbonyl (C=O) groups is 2. The van der Waals surface area contributed by atoms with E-state index in [1.807, 2.05) is 48.4 Å². The molecule has 1 spiro atoms. The maximum atomic E-state index is 13.4. The first-order chi connectivity index (χ1) is 18.3. The van der Waals surface area contributed by atoms with E-state index in [1.165, 1.54) is 18.1 Å². The molecule has 0 N–H and O–H groups in total. The van der Waals surface area contributed by atoms with Crippen LogP contribution in [0.5, 0.6) is 11.5 Å². The van der Waals surface area contributed by atoms with Gasteiger partial charge < -0.3 is 14.4 Å². The fourth-order valence-electron chi connectivity index (χ4n) is 7.86. The molecule has 5 atom stereocenters. The van der Waals surface area contributed by atoms with Crippen molar-refractivity contribution in [3.8, 4) is 11.5 Å². The lowest BCUT2D eigenvalue weighted by Crippen LogP contribution is -2.68. The molecule has 2 aliphatic heterocycles. The number of aryl methyl sites for hydroxylation is 1. The van der Waals surface area contributed by atoms with Crippen LogP contribution in [0.15, 0.2) is 55.1 Å². The molecule has 2 aliphatic carbocycles. The number of benzene rings is 2. The zero-order valence-electron chi connectivity index (χ0n) is 22.5. The van der Waals surface area contributed by atoms with Gasteiger partial charge in [0.25, 0.3) is 0 Å². The minimum absolute atomic E-state index is 0.0109. The Balaban J connectivity index is 1.37. The predicted molar refractivity (Wildman–Crippen MR) is 147 cm³/mol. The maximum Gasteiger partial charge on any atom is 0.308 e. The molecule has 4 aliphatic rings. The third-order valence-corrected chi connectivity index (χ3v) is 9.33. The number of hydrogen-bond donors (Lipinski definition) is 0. The second-order valence-electron chi connectivity index (χ2n) is 11.3. The second-order valence-corrected chi connectivity index (χ2v) is 11.3. The Morgan fingerprint density at radius 2 is 2.11 bits per heavy atom. The lowest BCUT2D eigenvalue weighted by atomic mass is 9.51. The molecule has 38 heavy (non-hydrogen) atoms. The summed E-state index contributed by atoms with van der Waals surface area (Å²) >= 11 is 0. The third kappa shape index (κ3) is 3.80. The van der Waals surface area contributed by atoms with E-state index < -0.39 is 0 Å². The van der Waals surface area contributed by atoms with Crippen LogP contribution in [0.1, 0.15) is 48.4 Å². The van der Waals surface area contributed by atoms with Crippen LogP contribution in [0.4, 0.5) is 0 Å². The predicted octanol–water partition coefficient (Wildman–Crippen LogP) is 4.69. The number of hydrogen-bond acceptors (Lipinski definition) is 5. The van der Waals surface area contributed by atoms with Crippen molar-refractivity contribution in [1.29, 1.82) is 0 Å². The topological polar surface area (TPSA) is 59.1 Å². The first kappa shape index (κ1) is 24.9. The van der Waals surface area contributed by atoms with Crippen molar-refractivity contribution >= 4 is 18.0 Å². The Kier molecular flexibility index (Phi) is 6.18. The smallest absolute Gasteiger partial charge is 0.308 e. The summed E-state index contributed by atoms with van der Waals surface area (Å²) in [5.74, 6) is 1.64. The minimum Gasteiger partial charge on any atom is -0.487 e. The summed E-state index contributed by atoms with van der Waals surface area (Å²) < 4.78 is 12.5. The van der Waals surface area contributed by atoms with Crippen molar-refractivity contribution < 1.29 is 19.1 Å². The number of ether oxygens (including phenoxy) is 2. The van der Waals surface area contributed by atoms with Crippen molar-refractivity contribution in [2.45, 2.75) is 63.1 Å². The highest BCUT2D eigenvalue weighted by atomic mass is 16.5. The molecule has 2 aromatic rings. The second kappa shape index (κ2) is 9.42. The van der Waals surface area contributed by atoms with E-state index in [-0.39, 0.29) is 29.4 Å². The Morgan fingerprint density at radius 3 is 2.87 bits per heavy atom. The largest absolute Gasteiger partial charge is 0.487 e. The molecule has 0 unspecified atom stereocenters. The van der Waals surface area contributed by atoms with E-state index in [9.17, 15) is 9.59 Å². The molecule has 0 aromatic heterocycles. The summed E-state index contributed by atoms with van der Waals surface area (Å²) in [5.41, 5.74) is 4.32. The van der Waals surface area contributed by atoms with Gasteiger partial charge in [0.1, 0.15) is 17.6 Å². The van der Waals surface area contributed by atoms with E-state index in [4.69, 9.17) is 9.47 Å². The van der Waals surface area contributed by atoms with Gasteiger partial charge >= 0.3 is 5.97 Å². The summed E-state index contributed by atoms with van der Waals surface area (Å²) in [4.78, 5) is 29.8. The van der Waals surface area contributed by atoms with E-state index in [0.29, 0.717) is 17.7 Å². The highest BCUT2D eigenvalue weighted by Crippen LogP contribution is 2.63. The Morgan fingerprint density at radius 1 is 1.26 bits per heavy atom. The van der Waals surface area contributed by atoms with Crippen LogP contribution >= 0.6 is 0 Å². The molecule has 1 amide bonds. The van der Waals surface area contributed by atoms with Crippen molar-refractivity contribution in [3.05, 3.63) is 77.4 Å². The van der Waals surface area contributed by atoms with E-state index in [1.54, 1.807) is 6.08 Å². The number of rotatable bonds is 6. The van der Waals surface area contributed by atoms with Gasteiger partial charge in [0, 0.05) is 49.2 Å². The number of likely N-dealkylation sites (N-methyl/N-ethyl adjacent to an activating group) is 1. The van der Waals surface area contributed by atoms with Gasteiger partial charge in [-0.2, -0.15) is 0 Å². The number of esters is 1. The van der Waals surface area contributed by atoms with Gasteiger partial charge in [-0.3, -0.25) is 14.5 Å². The molecular formula is C32H36N2O4. The molecule has 2 bridgehead atoms. The van der Waals surface area contributed by atoms with E-state index >= 15 is 0 Å². The highest BCUT2D eigenvalue weighted by Gasteiger charge is 2.66. The van der Waals surface area contributed by atoms with Crippen molar-refractivity contribution in [2.75, 3.05) is 20.1 Å². The molecule has 2 heterocycles. The summed E-state index contributed by atoms with van der Waals surface area (Å²) in [6.45, 7) is 9.31. The first-order valence-electron chi connectivity index (χ1n) is 13.7. The number of carbonyl (C=O) groups excluding carboxylic acids is 2. The Bertz CT molecular complexity index is 1330. The van der Waals surface area contributed by atoms with Gasteiger partial charge in [-0.1, -0.05) is 35.9 Å². The molecule has 2 fully saturated rings. The zero-order valence-corrected chi connectivity index (χ0v) is 22.5. The van der Waals surface area contributed by atoms with Crippen LogP contribution in [-0.4, -0.2) is 60.0 Å². The van der Waals surface area contributed by atoms with E-state index in [2.05, 4.69) is 30.5 Å². The minimum atomic E-state index is -0.309. The highest BCUT2D eigenvalue weighted by molar-refractivity contribution is 5.92. The van der Waals surface area contributed by atoms with Crippen molar-refractivity contribution in [3.63, 3.8) is 0 Å². The van der Waals surface area contributed by atoms with Gasteiger partial charge in [0.15, 0.2) is 0 Å². The summed E-state index contributed by atoms with van der Waals surface area (Å²) in [6.07, 6.45) is 9.15. The number of amides is 1. The summed E-state index contributed by atoms with van der Waals surface area (Å²) in [7, 11) is 1.91. The lowest BCUT2D eigenvalue weighted by molar-refractivity contribution is -0.135. The van der Waals surface area contributed by atoms with Crippen molar-refractivity contribution in [1.82, 2.24) is 9.80 Å². The lowest BCUT2D eigenvalue weighted by Gasteiger charge is -2.60. The summed E-state index contributed by atoms with van der Waals surface area (Å²) in [5, 5.41) is 0. The number of likely N-dealkylation sites (tertiary alicyclic amines) is 1. The molecule has 2 aromatic carbocycles. The fourth-order valence-corrected chi connectivity index (χ4v) is 7.86. The average Bonchev–Trinajstić information content (AvgIpc) is 3.23. The monoisotopic (exact) mass is 512 g/mol. The van der Waals surface area contributed by atoms with Crippen LogP contribution in [0.3, 0.4) is 0 Å². The van der Waals surface area contributed by atoms with Gasteiger partial charge in [0.05, 0.1) is 6.04 Å². The van der Waals surface area contributed by atoms with E-state index in [0.717, 1.165) is 55.6 Å². The molecule has 6 rings (SSSR count). The maximum absolute atomic E-state index is 13.4. The van der Waals surface area contributed by atoms with Gasteiger partial charge in [-0.05, 0) is 68.8 Å². The molecule has 0 radical (unpaired) electrons. The fraction of sp³-hybridized carbons (Fsp3) is 0.438. The zero-order chi connectivity index (χ0) is 26.6. The standard InChI is InChI=1S/C32H36N2O4/c1-5-16-34-17-15-32-24-10-11-25(33(4)29(36)14-9-22-8-6-7-20(2)18-22)31(32)38-28-13-12-27(37-21(3)35)23(30(28)32)19-26(24)34/h5-9,12-14,18,24-26,31H,1,10-11,15-17,19H2,2-4H3/t24-,25+,26+,31-,32-/m0/s1. The van der Waals surface area contributed by atoms with Crippen LogP contribution < -0.4 is 9.47 Å². The quantitative estimate of drug-likeness (QED) is 0.243. The Labute approximate surface area is 224 Å². The number of nitrogens with zero attached hydrogens (tertiary/aromatic N) is 2. The Hall–Kier alpha value is -3.38. The average molecular weight is 513 g/mol. The van der Waals surface area contributed by atoms with Gasteiger partial charge in [0.2, 0.25) is 5.91 Å².